The molecular formula is C17H27NO3. The summed E-state index contributed by atoms with van der Waals surface area (Å²) in [4.78, 5) is 11.4. The van der Waals surface area contributed by atoms with Gasteiger partial charge < -0.3 is 14.8 Å². The summed E-state index contributed by atoms with van der Waals surface area (Å²) in [6, 6.07) is 4.18. The molecule has 0 saturated heterocycles. The van der Waals surface area contributed by atoms with Gasteiger partial charge in [0.25, 0.3) is 0 Å². The summed E-state index contributed by atoms with van der Waals surface area (Å²) >= 11 is 0. The summed E-state index contributed by atoms with van der Waals surface area (Å²) in [7, 11) is 0. The molecule has 4 nitrogen and oxygen atoms in total. The predicted molar refractivity (Wildman–Crippen MR) is 84.6 cm³/mol. The normalized spacial score (nSPS) is 11.3. The molecule has 0 aliphatic heterocycles. The van der Waals surface area contributed by atoms with Crippen LogP contribution in [0.3, 0.4) is 0 Å². The molecule has 0 aromatic heterocycles. The molecule has 1 N–H and O–H groups in total. The number of carbonyl (C=O) groups excluding carboxylic acids is 1. The molecule has 0 aliphatic rings. The molecule has 0 aliphatic carbocycles. The van der Waals surface area contributed by atoms with Crippen molar-refractivity contribution in [3.05, 3.63) is 28.8 Å². The molecule has 0 radical (unpaired) electrons. The van der Waals surface area contributed by atoms with Crippen LogP contribution in [-0.2, 0) is 16.1 Å². The second kappa shape index (κ2) is 7.46. The summed E-state index contributed by atoms with van der Waals surface area (Å²) in [6.45, 7) is 13.3. The van der Waals surface area contributed by atoms with Crippen LogP contribution in [0.2, 0.25) is 0 Å². The van der Waals surface area contributed by atoms with Gasteiger partial charge in [0.15, 0.2) is 6.61 Å². The van der Waals surface area contributed by atoms with Gasteiger partial charge in [0.1, 0.15) is 5.75 Å². The second-order valence-electron chi connectivity index (χ2n) is 6.26. The Morgan fingerprint density at radius 3 is 2.24 bits per heavy atom. The van der Waals surface area contributed by atoms with E-state index in [-0.39, 0.29) is 18.1 Å². The zero-order valence-corrected chi connectivity index (χ0v) is 14.0. The van der Waals surface area contributed by atoms with E-state index in [0.29, 0.717) is 6.61 Å². The largest absolute Gasteiger partial charge is 0.481 e. The van der Waals surface area contributed by atoms with E-state index in [1.807, 2.05) is 13.8 Å². The highest BCUT2D eigenvalue weighted by Gasteiger charge is 2.12. The maximum atomic E-state index is 11.4. The highest BCUT2D eigenvalue weighted by Crippen LogP contribution is 2.25. The van der Waals surface area contributed by atoms with Gasteiger partial charge in [-0.3, -0.25) is 0 Å². The molecule has 1 aromatic carbocycles. The number of hydrogen-bond acceptors (Lipinski definition) is 4. The SMILES string of the molecule is CCOC(=O)COc1c(C)cc(CNC(C)(C)C)cc1C. The van der Waals surface area contributed by atoms with E-state index in [0.717, 1.165) is 23.4 Å². The Morgan fingerprint density at radius 2 is 1.76 bits per heavy atom. The topological polar surface area (TPSA) is 47.6 Å². The molecule has 0 fully saturated rings. The molecule has 0 amide bonds. The Morgan fingerprint density at radius 1 is 1.19 bits per heavy atom. The number of hydrogen-bond donors (Lipinski definition) is 1. The van der Waals surface area contributed by atoms with Gasteiger partial charge in [-0.25, -0.2) is 4.79 Å². The van der Waals surface area contributed by atoms with E-state index in [2.05, 4.69) is 38.2 Å². The summed E-state index contributed by atoms with van der Waals surface area (Å²) < 4.78 is 10.5. The Kier molecular flexibility index (Phi) is 6.21. The van der Waals surface area contributed by atoms with E-state index >= 15 is 0 Å². The predicted octanol–water partition coefficient (Wildman–Crippen LogP) is 3.13. The number of ether oxygens (including phenoxy) is 2. The third kappa shape index (κ3) is 6.17. The monoisotopic (exact) mass is 293 g/mol. The lowest BCUT2D eigenvalue weighted by Crippen LogP contribution is -2.35. The number of benzene rings is 1. The van der Waals surface area contributed by atoms with Crippen LogP contribution in [0.15, 0.2) is 12.1 Å². The van der Waals surface area contributed by atoms with Crippen molar-refractivity contribution in [1.82, 2.24) is 5.32 Å². The van der Waals surface area contributed by atoms with Gasteiger partial charge in [0, 0.05) is 12.1 Å². The van der Waals surface area contributed by atoms with Gasteiger partial charge in [0.05, 0.1) is 6.61 Å². The first-order valence-corrected chi connectivity index (χ1v) is 7.36. The molecule has 1 aromatic rings. The highest BCUT2D eigenvalue weighted by molar-refractivity contribution is 5.71. The lowest BCUT2D eigenvalue weighted by atomic mass is 10.0. The summed E-state index contributed by atoms with van der Waals surface area (Å²) in [6.07, 6.45) is 0. The molecule has 0 unspecified atom stereocenters. The van der Waals surface area contributed by atoms with Gasteiger partial charge in [0.2, 0.25) is 0 Å². The number of aryl methyl sites for hydroxylation is 2. The van der Waals surface area contributed by atoms with E-state index in [1.54, 1.807) is 6.92 Å². The van der Waals surface area contributed by atoms with Crippen molar-refractivity contribution >= 4 is 5.97 Å². The van der Waals surface area contributed by atoms with Gasteiger partial charge in [-0.05, 0) is 58.2 Å². The van der Waals surface area contributed by atoms with Gasteiger partial charge in [-0.15, -0.1) is 0 Å². The van der Waals surface area contributed by atoms with Crippen molar-refractivity contribution in [2.45, 2.75) is 53.6 Å². The molecule has 0 atom stereocenters. The molecular weight excluding hydrogens is 266 g/mol. The minimum absolute atomic E-state index is 0.0465. The van der Waals surface area contributed by atoms with Crippen molar-refractivity contribution in [2.75, 3.05) is 13.2 Å². The van der Waals surface area contributed by atoms with E-state index in [9.17, 15) is 4.79 Å². The summed E-state index contributed by atoms with van der Waals surface area (Å²) in [5, 5.41) is 3.46. The van der Waals surface area contributed by atoms with Gasteiger partial charge >= 0.3 is 5.97 Å². The lowest BCUT2D eigenvalue weighted by molar-refractivity contribution is -0.145. The third-order valence-electron chi connectivity index (χ3n) is 2.98. The van der Waals surface area contributed by atoms with Gasteiger partial charge in [-0.2, -0.15) is 0 Å². The van der Waals surface area contributed by atoms with Crippen LogP contribution in [-0.4, -0.2) is 24.7 Å². The Balaban J connectivity index is 2.73. The van der Waals surface area contributed by atoms with Crippen LogP contribution in [0.1, 0.15) is 44.4 Å². The average molecular weight is 293 g/mol. The van der Waals surface area contributed by atoms with Crippen LogP contribution in [0.25, 0.3) is 0 Å². The second-order valence-corrected chi connectivity index (χ2v) is 6.26. The Labute approximate surface area is 127 Å². The first-order valence-electron chi connectivity index (χ1n) is 7.36. The zero-order chi connectivity index (χ0) is 16.0. The van der Waals surface area contributed by atoms with E-state index in [4.69, 9.17) is 9.47 Å². The van der Waals surface area contributed by atoms with Gasteiger partial charge in [-0.1, -0.05) is 12.1 Å². The number of esters is 1. The minimum atomic E-state index is -0.338. The van der Waals surface area contributed by atoms with Crippen LogP contribution in [0.5, 0.6) is 5.75 Å². The third-order valence-corrected chi connectivity index (χ3v) is 2.98. The molecule has 0 spiro atoms. The highest BCUT2D eigenvalue weighted by atomic mass is 16.6. The zero-order valence-electron chi connectivity index (χ0n) is 14.0. The van der Waals surface area contributed by atoms with Crippen molar-refractivity contribution in [3.63, 3.8) is 0 Å². The molecule has 21 heavy (non-hydrogen) atoms. The van der Waals surface area contributed by atoms with E-state index in [1.165, 1.54) is 5.56 Å². The minimum Gasteiger partial charge on any atom is -0.481 e. The Bertz CT molecular complexity index is 466. The maximum Gasteiger partial charge on any atom is 0.344 e. The fourth-order valence-corrected chi connectivity index (χ4v) is 2.07. The molecule has 118 valence electrons. The molecule has 1 rings (SSSR count). The molecule has 0 bridgehead atoms. The quantitative estimate of drug-likeness (QED) is 0.819. The lowest BCUT2D eigenvalue weighted by Gasteiger charge is -2.21. The number of nitrogens with one attached hydrogen (secondary N) is 1. The summed E-state index contributed by atoms with van der Waals surface area (Å²) in [5.41, 5.74) is 3.36. The van der Waals surface area contributed by atoms with Crippen LogP contribution >= 0.6 is 0 Å². The van der Waals surface area contributed by atoms with Crippen LogP contribution in [0.4, 0.5) is 0 Å². The van der Waals surface area contributed by atoms with Crippen molar-refractivity contribution in [2.24, 2.45) is 0 Å². The van der Waals surface area contributed by atoms with Crippen LogP contribution < -0.4 is 10.1 Å². The number of rotatable bonds is 6. The smallest absolute Gasteiger partial charge is 0.344 e. The van der Waals surface area contributed by atoms with E-state index < -0.39 is 0 Å². The summed E-state index contributed by atoms with van der Waals surface area (Å²) in [5.74, 6) is 0.428. The molecule has 0 heterocycles. The first-order chi connectivity index (χ1) is 9.73. The fourth-order valence-electron chi connectivity index (χ4n) is 2.07. The number of carbonyl (C=O) groups is 1. The van der Waals surface area contributed by atoms with Crippen molar-refractivity contribution in [3.8, 4) is 5.75 Å². The molecule has 0 saturated carbocycles. The fraction of sp³-hybridized carbons (Fsp3) is 0.588. The Hall–Kier alpha value is -1.55. The maximum absolute atomic E-state index is 11.4. The van der Waals surface area contributed by atoms with Crippen molar-refractivity contribution < 1.29 is 14.3 Å². The standard InChI is InChI=1S/C17H27NO3/c1-7-20-15(19)11-21-16-12(2)8-14(9-13(16)3)10-18-17(4,5)6/h8-9,18H,7,10-11H2,1-6H3. The van der Waals surface area contributed by atoms with Crippen molar-refractivity contribution in [1.29, 1.82) is 0 Å². The first kappa shape index (κ1) is 17.5. The molecule has 4 heteroatoms. The van der Waals surface area contributed by atoms with Crippen LogP contribution in [0, 0.1) is 13.8 Å². The average Bonchev–Trinajstić information content (AvgIpc) is 2.35.